The summed E-state index contributed by atoms with van der Waals surface area (Å²) in [6.07, 6.45) is 7.94. The van der Waals surface area contributed by atoms with Gasteiger partial charge in [0, 0.05) is 45.8 Å². The fourth-order valence-corrected chi connectivity index (χ4v) is 5.60. The maximum Gasteiger partial charge on any atom is 0.220 e. The third-order valence-electron chi connectivity index (χ3n) is 6.06. The zero-order valence-corrected chi connectivity index (χ0v) is 17.8. The highest BCUT2D eigenvalue weighted by Gasteiger charge is 2.29. The van der Waals surface area contributed by atoms with Crippen LogP contribution in [-0.4, -0.2) is 68.5 Å². The van der Waals surface area contributed by atoms with Crippen LogP contribution < -0.4 is 5.32 Å². The van der Waals surface area contributed by atoms with Crippen molar-refractivity contribution in [3.63, 3.8) is 0 Å². The Bertz CT molecular complexity index is 719. The summed E-state index contributed by atoms with van der Waals surface area (Å²) >= 11 is 0. The molecule has 8 nitrogen and oxygen atoms in total. The van der Waals surface area contributed by atoms with Crippen molar-refractivity contribution >= 4 is 16.0 Å². The van der Waals surface area contributed by atoms with Gasteiger partial charge in [0.2, 0.25) is 10.0 Å². The lowest BCUT2D eigenvalue weighted by Crippen LogP contribution is -2.54. The summed E-state index contributed by atoms with van der Waals surface area (Å²) in [5, 5.41) is 7.23. The summed E-state index contributed by atoms with van der Waals surface area (Å²) in [7, 11) is -1.58. The molecule has 1 saturated heterocycles. The molecule has 0 unspecified atom stereocenters. The normalized spacial score (nSPS) is 25.1. The van der Waals surface area contributed by atoms with Gasteiger partial charge in [0.25, 0.3) is 0 Å². The number of hydrogen-bond donors (Lipinski definition) is 1. The Morgan fingerprint density at radius 2 is 1.89 bits per heavy atom. The van der Waals surface area contributed by atoms with E-state index in [-0.39, 0.29) is 5.75 Å². The Labute approximate surface area is 168 Å². The van der Waals surface area contributed by atoms with Crippen LogP contribution in [-0.2, 0) is 15.8 Å². The van der Waals surface area contributed by atoms with E-state index in [0.29, 0.717) is 37.8 Å². The van der Waals surface area contributed by atoms with Crippen molar-refractivity contribution in [2.45, 2.75) is 44.8 Å². The van der Waals surface area contributed by atoms with Gasteiger partial charge >= 0.3 is 0 Å². The summed E-state index contributed by atoms with van der Waals surface area (Å²) in [4.78, 5) is 6.57. The van der Waals surface area contributed by atoms with Gasteiger partial charge in [-0.1, -0.05) is 31.3 Å². The number of nitrogens with one attached hydrogen (secondary N) is 1. The van der Waals surface area contributed by atoms with Crippen LogP contribution in [0.1, 0.15) is 44.7 Å². The van der Waals surface area contributed by atoms with Crippen LogP contribution in [0.15, 0.2) is 21.8 Å². The minimum Gasteiger partial charge on any atom is -0.364 e. The SMILES string of the molecule is CCC1CCC(CNC(=NC)N2CCN(S(=O)(=O)Cc3ccon3)CC2)CC1. The van der Waals surface area contributed by atoms with Gasteiger partial charge in [-0.3, -0.25) is 4.99 Å². The lowest BCUT2D eigenvalue weighted by Gasteiger charge is -2.36. The third kappa shape index (κ3) is 5.47. The first-order valence-corrected chi connectivity index (χ1v) is 12.0. The van der Waals surface area contributed by atoms with E-state index in [0.717, 1.165) is 18.4 Å². The zero-order chi connectivity index (χ0) is 20.0. The molecule has 1 saturated carbocycles. The van der Waals surface area contributed by atoms with Crippen LogP contribution in [0.2, 0.25) is 0 Å². The molecule has 3 rings (SSSR count). The average molecular weight is 412 g/mol. The molecular weight excluding hydrogens is 378 g/mol. The maximum atomic E-state index is 12.6. The smallest absolute Gasteiger partial charge is 0.220 e. The number of sulfonamides is 1. The van der Waals surface area contributed by atoms with Crippen molar-refractivity contribution in [1.29, 1.82) is 0 Å². The summed E-state index contributed by atoms with van der Waals surface area (Å²) in [6, 6.07) is 1.59. The van der Waals surface area contributed by atoms with Crippen LogP contribution in [0.3, 0.4) is 0 Å². The number of rotatable bonds is 6. The molecule has 158 valence electrons. The first-order chi connectivity index (χ1) is 13.5. The quantitative estimate of drug-likeness (QED) is 0.568. The van der Waals surface area contributed by atoms with Gasteiger partial charge in [-0.05, 0) is 24.7 Å². The van der Waals surface area contributed by atoms with Crippen LogP contribution in [0.4, 0.5) is 0 Å². The monoisotopic (exact) mass is 411 g/mol. The number of nitrogens with zero attached hydrogens (tertiary/aromatic N) is 4. The lowest BCUT2D eigenvalue weighted by molar-refractivity contribution is 0.249. The molecule has 0 atom stereocenters. The van der Waals surface area contributed by atoms with E-state index < -0.39 is 10.0 Å². The van der Waals surface area contributed by atoms with Gasteiger partial charge in [0.05, 0.1) is 5.69 Å². The van der Waals surface area contributed by atoms with Crippen LogP contribution in [0, 0.1) is 11.8 Å². The van der Waals surface area contributed by atoms with Crippen molar-refractivity contribution in [1.82, 2.24) is 19.7 Å². The second-order valence-corrected chi connectivity index (χ2v) is 9.83. The molecule has 2 heterocycles. The summed E-state index contributed by atoms with van der Waals surface area (Å²) in [5.74, 6) is 2.38. The molecule has 1 aromatic heterocycles. The first kappa shape index (κ1) is 21.1. The van der Waals surface area contributed by atoms with Crippen LogP contribution >= 0.6 is 0 Å². The van der Waals surface area contributed by atoms with E-state index in [1.807, 2.05) is 0 Å². The Balaban J connectivity index is 1.45. The fourth-order valence-electron chi connectivity index (χ4n) is 4.18. The maximum absolute atomic E-state index is 12.6. The van der Waals surface area contributed by atoms with Crippen molar-refractivity contribution in [3.8, 4) is 0 Å². The molecule has 2 aliphatic rings. The summed E-state index contributed by atoms with van der Waals surface area (Å²) in [5.41, 5.74) is 0.442. The molecule has 0 amide bonds. The molecule has 0 spiro atoms. The highest BCUT2D eigenvalue weighted by atomic mass is 32.2. The summed E-state index contributed by atoms with van der Waals surface area (Å²) < 4.78 is 31.4. The molecule has 0 radical (unpaired) electrons. The molecule has 1 aliphatic carbocycles. The van der Waals surface area contributed by atoms with Gasteiger partial charge < -0.3 is 14.7 Å². The molecular formula is C19H33N5O3S. The number of aliphatic imine (C=N–C) groups is 1. The predicted octanol–water partition coefficient (Wildman–Crippen LogP) is 1.91. The standard InChI is InChI=1S/C19H33N5O3S/c1-3-16-4-6-17(7-5-16)14-21-19(20-2)23-9-11-24(12-10-23)28(25,26)15-18-8-13-27-22-18/h8,13,16-17H,3-7,9-12,14-15H2,1-2H3,(H,20,21). The van der Waals surface area contributed by atoms with Crippen molar-refractivity contribution in [3.05, 3.63) is 18.0 Å². The first-order valence-electron chi connectivity index (χ1n) is 10.3. The van der Waals surface area contributed by atoms with Crippen LogP contribution in [0.25, 0.3) is 0 Å². The third-order valence-corrected chi connectivity index (χ3v) is 7.87. The van der Waals surface area contributed by atoms with Gasteiger partial charge in [-0.15, -0.1) is 0 Å². The molecule has 0 aromatic carbocycles. The molecule has 1 N–H and O–H groups in total. The largest absolute Gasteiger partial charge is 0.364 e. The van der Waals surface area contributed by atoms with Crippen LogP contribution in [0.5, 0.6) is 0 Å². The average Bonchev–Trinajstić information content (AvgIpc) is 3.21. The van der Waals surface area contributed by atoms with E-state index in [1.54, 1.807) is 13.1 Å². The minimum atomic E-state index is -3.38. The second-order valence-electron chi connectivity index (χ2n) is 7.86. The number of aromatic nitrogens is 1. The fraction of sp³-hybridized carbons (Fsp3) is 0.789. The second kappa shape index (κ2) is 9.73. The Morgan fingerprint density at radius 3 is 2.46 bits per heavy atom. The van der Waals surface area contributed by atoms with E-state index in [4.69, 9.17) is 4.52 Å². The zero-order valence-electron chi connectivity index (χ0n) is 17.0. The molecule has 0 bridgehead atoms. The van der Waals surface area contributed by atoms with Gasteiger partial charge in [-0.2, -0.15) is 4.31 Å². The van der Waals surface area contributed by atoms with Crippen molar-refractivity contribution in [2.75, 3.05) is 39.8 Å². The molecule has 9 heteroatoms. The predicted molar refractivity (Wildman–Crippen MR) is 109 cm³/mol. The Kier molecular flexibility index (Phi) is 7.34. The number of guanidine groups is 1. The molecule has 1 aromatic rings. The highest BCUT2D eigenvalue weighted by Crippen LogP contribution is 2.30. The highest BCUT2D eigenvalue weighted by molar-refractivity contribution is 7.88. The molecule has 1 aliphatic heterocycles. The van der Waals surface area contributed by atoms with E-state index in [2.05, 4.69) is 27.3 Å². The van der Waals surface area contributed by atoms with E-state index in [1.165, 1.54) is 42.7 Å². The van der Waals surface area contributed by atoms with Crippen molar-refractivity contribution < 1.29 is 12.9 Å². The van der Waals surface area contributed by atoms with Gasteiger partial charge in [0.1, 0.15) is 12.0 Å². The lowest BCUT2D eigenvalue weighted by atomic mass is 9.81. The minimum absolute atomic E-state index is 0.114. The molecule has 2 fully saturated rings. The van der Waals surface area contributed by atoms with E-state index in [9.17, 15) is 8.42 Å². The number of piperazine rings is 1. The van der Waals surface area contributed by atoms with Gasteiger partial charge in [0.15, 0.2) is 5.96 Å². The Morgan fingerprint density at radius 1 is 1.21 bits per heavy atom. The van der Waals surface area contributed by atoms with Gasteiger partial charge in [-0.25, -0.2) is 8.42 Å². The Hall–Kier alpha value is -1.61. The molecule has 28 heavy (non-hydrogen) atoms. The van der Waals surface area contributed by atoms with Crippen molar-refractivity contribution in [2.24, 2.45) is 16.8 Å². The van der Waals surface area contributed by atoms with E-state index >= 15 is 0 Å². The summed E-state index contributed by atoms with van der Waals surface area (Å²) in [6.45, 7) is 5.44. The topological polar surface area (TPSA) is 91.0 Å². The number of hydrogen-bond acceptors (Lipinski definition) is 5.